The van der Waals surface area contributed by atoms with E-state index in [2.05, 4.69) is 20.3 Å². The third-order valence-corrected chi connectivity index (χ3v) is 7.13. The van der Waals surface area contributed by atoms with Crippen LogP contribution in [0.3, 0.4) is 0 Å². The van der Waals surface area contributed by atoms with Gasteiger partial charge in [0.1, 0.15) is 29.9 Å². The van der Waals surface area contributed by atoms with Gasteiger partial charge in [-0.1, -0.05) is 0 Å². The van der Waals surface area contributed by atoms with Crippen molar-refractivity contribution in [1.82, 2.24) is 25.2 Å². The fraction of sp³-hybridized carbons (Fsp3) is 0.481. The lowest BCUT2D eigenvalue weighted by molar-refractivity contribution is -0.136. The molecule has 0 atom stereocenters. The van der Waals surface area contributed by atoms with E-state index in [4.69, 9.17) is 14.2 Å². The highest BCUT2D eigenvalue weighted by molar-refractivity contribution is 6.09. The average molecular weight is 526 g/mol. The molecule has 0 spiro atoms. The van der Waals surface area contributed by atoms with E-state index in [1.807, 2.05) is 6.92 Å². The number of likely N-dealkylation sites (tertiary alicyclic amines) is 1. The van der Waals surface area contributed by atoms with Crippen LogP contribution in [0.15, 0.2) is 18.5 Å². The summed E-state index contributed by atoms with van der Waals surface area (Å²) in [4.78, 5) is 39.4. The number of nitrogens with zero attached hydrogens (tertiary/aromatic N) is 3. The van der Waals surface area contributed by atoms with Crippen LogP contribution in [0.4, 0.5) is 4.39 Å². The zero-order valence-electron chi connectivity index (χ0n) is 21.8. The molecule has 2 N–H and O–H groups in total. The molecule has 38 heavy (non-hydrogen) atoms. The van der Waals surface area contributed by atoms with Gasteiger partial charge in [0.25, 0.3) is 5.91 Å². The number of fused-ring (bicyclic) bond motifs is 1. The SMILES string of the molecule is COCC(=O)N1CCC(NC(=O)c2c(C)[nH]c3c(-c4cc(OC)c(F)cc4OCC4CC4)ncnc23)CC1. The molecule has 0 bridgehead atoms. The van der Waals surface area contributed by atoms with Crippen LogP contribution in [0.1, 0.15) is 41.7 Å². The summed E-state index contributed by atoms with van der Waals surface area (Å²) in [5.74, 6) is 0.0932. The highest BCUT2D eigenvalue weighted by Gasteiger charge is 2.28. The van der Waals surface area contributed by atoms with E-state index in [1.165, 1.54) is 26.6 Å². The van der Waals surface area contributed by atoms with Crippen LogP contribution in [0.25, 0.3) is 22.3 Å². The lowest BCUT2D eigenvalue weighted by atomic mass is 10.0. The van der Waals surface area contributed by atoms with Crippen LogP contribution in [0, 0.1) is 18.7 Å². The average Bonchev–Trinajstić information content (AvgIpc) is 3.67. The first-order valence-corrected chi connectivity index (χ1v) is 12.8. The molecular weight excluding hydrogens is 493 g/mol. The predicted molar refractivity (Wildman–Crippen MR) is 138 cm³/mol. The third kappa shape index (κ3) is 5.28. The first-order chi connectivity index (χ1) is 18.4. The fourth-order valence-electron chi connectivity index (χ4n) is 4.84. The van der Waals surface area contributed by atoms with E-state index in [0.717, 1.165) is 12.8 Å². The van der Waals surface area contributed by atoms with Gasteiger partial charge in [-0.25, -0.2) is 14.4 Å². The Labute approximate surface area is 219 Å². The number of hydrogen-bond donors (Lipinski definition) is 2. The summed E-state index contributed by atoms with van der Waals surface area (Å²) in [6.45, 7) is 3.48. The summed E-state index contributed by atoms with van der Waals surface area (Å²) in [5.41, 5.74) is 3.13. The Kier molecular flexibility index (Phi) is 7.46. The molecule has 5 rings (SSSR count). The summed E-state index contributed by atoms with van der Waals surface area (Å²) in [6.07, 6.45) is 4.90. The number of nitrogens with one attached hydrogen (secondary N) is 2. The Morgan fingerprint density at radius 1 is 1.13 bits per heavy atom. The summed E-state index contributed by atoms with van der Waals surface area (Å²) in [5, 5.41) is 3.10. The minimum Gasteiger partial charge on any atom is -0.494 e. The molecule has 0 unspecified atom stereocenters. The number of piperidine rings is 1. The molecule has 2 aromatic heterocycles. The number of aromatic nitrogens is 3. The normalized spacial score (nSPS) is 16.1. The van der Waals surface area contributed by atoms with Crippen LogP contribution < -0.4 is 14.8 Å². The monoisotopic (exact) mass is 525 g/mol. The molecule has 2 aliphatic rings. The second-order valence-corrected chi connectivity index (χ2v) is 9.87. The van der Waals surface area contributed by atoms with Crippen LogP contribution in [-0.4, -0.2) is 78.2 Å². The van der Waals surface area contributed by atoms with E-state index in [9.17, 15) is 14.0 Å². The standard InChI is InChI=1S/C27H32FN5O5/c1-15-23(27(35)32-17-6-8-33(9-7-17)22(34)13-36-2)25-26(31-15)24(29-14-30-25)18-10-21(37-3)19(28)11-20(18)38-12-16-4-5-16/h10-11,14,16-17,31H,4-9,12-13H2,1-3H3,(H,32,35). The Balaban J connectivity index is 1.41. The van der Waals surface area contributed by atoms with Gasteiger partial charge in [0.15, 0.2) is 11.6 Å². The van der Waals surface area contributed by atoms with Gasteiger partial charge >= 0.3 is 0 Å². The van der Waals surface area contributed by atoms with E-state index in [0.29, 0.717) is 77.8 Å². The fourth-order valence-corrected chi connectivity index (χ4v) is 4.84. The van der Waals surface area contributed by atoms with Gasteiger partial charge in [-0.2, -0.15) is 0 Å². The number of carbonyl (C=O) groups excluding carboxylic acids is 2. The van der Waals surface area contributed by atoms with Gasteiger partial charge in [0.2, 0.25) is 5.91 Å². The molecule has 10 nitrogen and oxygen atoms in total. The minimum atomic E-state index is -0.523. The molecule has 202 valence electrons. The summed E-state index contributed by atoms with van der Waals surface area (Å²) < 4.78 is 30.7. The first kappa shape index (κ1) is 25.9. The first-order valence-electron chi connectivity index (χ1n) is 12.8. The molecule has 3 aromatic rings. The van der Waals surface area contributed by atoms with Crippen molar-refractivity contribution in [1.29, 1.82) is 0 Å². The van der Waals surface area contributed by atoms with Gasteiger partial charge in [0.05, 0.1) is 24.8 Å². The number of rotatable bonds is 9. The molecule has 11 heteroatoms. The quantitative estimate of drug-likeness (QED) is 0.440. The Morgan fingerprint density at radius 2 is 1.89 bits per heavy atom. The molecule has 1 aliphatic heterocycles. The topological polar surface area (TPSA) is 119 Å². The molecular formula is C27H32FN5O5. The van der Waals surface area contributed by atoms with Gasteiger partial charge in [0, 0.05) is 43.6 Å². The maximum Gasteiger partial charge on any atom is 0.255 e. The number of ether oxygens (including phenoxy) is 3. The zero-order chi connectivity index (χ0) is 26.8. The summed E-state index contributed by atoms with van der Waals surface area (Å²) >= 11 is 0. The Hall–Kier alpha value is -3.73. The highest BCUT2D eigenvalue weighted by atomic mass is 19.1. The van der Waals surface area contributed by atoms with Crippen LogP contribution >= 0.6 is 0 Å². The van der Waals surface area contributed by atoms with Crippen molar-refractivity contribution in [2.45, 2.75) is 38.6 Å². The van der Waals surface area contributed by atoms with Crippen molar-refractivity contribution >= 4 is 22.8 Å². The lowest BCUT2D eigenvalue weighted by Crippen LogP contribution is -2.47. The molecule has 1 aromatic carbocycles. The van der Waals surface area contributed by atoms with E-state index in [-0.39, 0.29) is 30.2 Å². The number of aryl methyl sites for hydroxylation is 1. The third-order valence-electron chi connectivity index (χ3n) is 7.13. The van der Waals surface area contributed by atoms with Crippen LogP contribution in [0.5, 0.6) is 11.5 Å². The second kappa shape index (κ2) is 10.9. The number of carbonyl (C=O) groups is 2. The maximum absolute atomic E-state index is 14.6. The van der Waals surface area contributed by atoms with Gasteiger partial charge in [-0.3, -0.25) is 9.59 Å². The minimum absolute atomic E-state index is 0.0492. The van der Waals surface area contributed by atoms with E-state index in [1.54, 1.807) is 11.0 Å². The summed E-state index contributed by atoms with van der Waals surface area (Å²) in [7, 11) is 2.90. The molecule has 3 heterocycles. The van der Waals surface area contributed by atoms with Crippen molar-refractivity contribution in [3.05, 3.63) is 35.5 Å². The molecule has 0 radical (unpaired) electrons. The molecule has 2 amide bonds. The van der Waals surface area contributed by atoms with Crippen molar-refractivity contribution in [3.63, 3.8) is 0 Å². The molecule has 1 saturated carbocycles. The largest absolute Gasteiger partial charge is 0.494 e. The zero-order valence-corrected chi connectivity index (χ0v) is 21.8. The highest BCUT2D eigenvalue weighted by Crippen LogP contribution is 2.39. The summed E-state index contributed by atoms with van der Waals surface area (Å²) in [6, 6.07) is 2.81. The van der Waals surface area contributed by atoms with Crippen molar-refractivity contribution in [3.8, 4) is 22.8 Å². The second-order valence-electron chi connectivity index (χ2n) is 9.87. The molecule has 2 fully saturated rings. The number of benzene rings is 1. The number of methoxy groups -OCH3 is 2. The maximum atomic E-state index is 14.6. The van der Waals surface area contributed by atoms with Crippen molar-refractivity contribution in [2.75, 3.05) is 40.5 Å². The number of aromatic amines is 1. The number of hydrogen-bond acceptors (Lipinski definition) is 7. The van der Waals surface area contributed by atoms with E-state index >= 15 is 0 Å². The van der Waals surface area contributed by atoms with Crippen LogP contribution in [-0.2, 0) is 9.53 Å². The number of H-pyrrole nitrogens is 1. The molecule has 1 saturated heterocycles. The lowest BCUT2D eigenvalue weighted by Gasteiger charge is -2.32. The molecule has 1 aliphatic carbocycles. The van der Waals surface area contributed by atoms with Gasteiger partial charge in [-0.15, -0.1) is 0 Å². The van der Waals surface area contributed by atoms with Gasteiger partial charge < -0.3 is 29.4 Å². The predicted octanol–water partition coefficient (Wildman–Crippen LogP) is 3.24. The van der Waals surface area contributed by atoms with Crippen LogP contribution in [0.2, 0.25) is 0 Å². The Morgan fingerprint density at radius 3 is 2.58 bits per heavy atom. The number of amides is 2. The Bertz CT molecular complexity index is 1350. The van der Waals surface area contributed by atoms with E-state index < -0.39 is 5.82 Å². The van der Waals surface area contributed by atoms with Crippen molar-refractivity contribution in [2.24, 2.45) is 5.92 Å². The smallest absolute Gasteiger partial charge is 0.255 e. The van der Waals surface area contributed by atoms with Gasteiger partial charge in [-0.05, 0) is 44.6 Å². The van der Waals surface area contributed by atoms with Crippen molar-refractivity contribution < 1.29 is 28.2 Å². The number of halogens is 1.